The van der Waals surface area contributed by atoms with E-state index in [1.807, 2.05) is 11.3 Å². The first-order chi connectivity index (χ1) is 11.2. The Labute approximate surface area is 146 Å². The zero-order chi connectivity index (χ0) is 16.1. The zero-order valence-electron chi connectivity index (χ0n) is 13.5. The van der Waals surface area contributed by atoms with Crippen molar-refractivity contribution in [1.29, 1.82) is 0 Å². The number of benzene rings is 1. The number of hydrogen-bond donors (Lipinski definition) is 2. The molecule has 0 radical (unpaired) electrons. The summed E-state index contributed by atoms with van der Waals surface area (Å²) in [4.78, 5) is 7.54. The summed E-state index contributed by atoms with van der Waals surface area (Å²) in [5.74, 6) is 1.77. The zero-order valence-corrected chi connectivity index (χ0v) is 15.2. The molecule has 0 aliphatic heterocycles. The first kappa shape index (κ1) is 16.8. The lowest BCUT2D eigenvalue weighted by molar-refractivity contribution is 0.296. The van der Waals surface area contributed by atoms with Gasteiger partial charge in [-0.05, 0) is 55.9 Å². The van der Waals surface area contributed by atoms with Crippen LogP contribution in [0.15, 0.2) is 29.2 Å². The van der Waals surface area contributed by atoms with Crippen molar-refractivity contribution in [2.24, 2.45) is 5.92 Å². The molecule has 0 fully saturated rings. The summed E-state index contributed by atoms with van der Waals surface area (Å²) in [5, 5.41) is 13.5. The van der Waals surface area contributed by atoms with Gasteiger partial charge in [-0.25, -0.2) is 4.98 Å². The third-order valence-corrected chi connectivity index (χ3v) is 6.32. The number of nitrogens with zero attached hydrogens (tertiary/aromatic N) is 1. The molecule has 3 nitrogen and oxygen atoms in total. The van der Waals surface area contributed by atoms with Gasteiger partial charge < -0.3 is 10.4 Å². The van der Waals surface area contributed by atoms with Crippen LogP contribution in [0.25, 0.3) is 0 Å². The number of anilines is 1. The summed E-state index contributed by atoms with van der Waals surface area (Å²) in [7, 11) is 0. The predicted octanol–water partition coefficient (Wildman–Crippen LogP) is 4.35. The van der Waals surface area contributed by atoms with Crippen molar-refractivity contribution in [2.75, 3.05) is 17.7 Å². The van der Waals surface area contributed by atoms with Crippen LogP contribution < -0.4 is 5.32 Å². The van der Waals surface area contributed by atoms with Crippen LogP contribution in [-0.4, -0.2) is 22.5 Å². The van der Waals surface area contributed by atoms with E-state index >= 15 is 0 Å². The summed E-state index contributed by atoms with van der Waals surface area (Å²) in [6.45, 7) is 3.41. The number of aryl methyl sites for hydroxylation is 1. The Morgan fingerprint density at radius 3 is 2.96 bits per heavy atom. The third kappa shape index (κ3) is 4.72. The highest BCUT2D eigenvalue weighted by Gasteiger charge is 2.19. The highest BCUT2D eigenvalue weighted by atomic mass is 32.2. The molecule has 2 aromatic rings. The molecule has 23 heavy (non-hydrogen) atoms. The van der Waals surface area contributed by atoms with Crippen LogP contribution in [0.1, 0.15) is 35.3 Å². The monoisotopic (exact) mass is 348 g/mol. The number of aromatic nitrogens is 1. The van der Waals surface area contributed by atoms with Crippen molar-refractivity contribution in [1.82, 2.24) is 4.98 Å². The van der Waals surface area contributed by atoms with E-state index < -0.39 is 0 Å². The number of rotatable bonds is 7. The molecule has 1 aliphatic carbocycles. The molecule has 1 aliphatic rings. The third-order valence-electron chi connectivity index (χ3n) is 4.10. The molecule has 5 heteroatoms. The van der Waals surface area contributed by atoms with Gasteiger partial charge in [0, 0.05) is 27.8 Å². The molecule has 3 rings (SSSR count). The van der Waals surface area contributed by atoms with Gasteiger partial charge in [-0.15, -0.1) is 23.1 Å². The minimum atomic E-state index is 0.267. The maximum absolute atomic E-state index is 8.81. The number of hydrogen-bond acceptors (Lipinski definition) is 5. The van der Waals surface area contributed by atoms with Crippen molar-refractivity contribution < 1.29 is 5.11 Å². The minimum absolute atomic E-state index is 0.267. The Morgan fingerprint density at radius 2 is 2.17 bits per heavy atom. The second-order valence-electron chi connectivity index (χ2n) is 6.13. The van der Waals surface area contributed by atoms with Crippen molar-refractivity contribution in [3.63, 3.8) is 0 Å². The fourth-order valence-electron chi connectivity index (χ4n) is 2.77. The van der Waals surface area contributed by atoms with Crippen molar-refractivity contribution in [3.05, 3.63) is 39.8 Å². The van der Waals surface area contributed by atoms with Gasteiger partial charge in [-0.2, -0.15) is 0 Å². The quantitative estimate of drug-likeness (QED) is 0.577. The van der Waals surface area contributed by atoms with Crippen molar-refractivity contribution >= 4 is 28.8 Å². The molecule has 2 N–H and O–H groups in total. The molecule has 0 saturated heterocycles. The average molecular weight is 349 g/mol. The minimum Gasteiger partial charge on any atom is -0.396 e. The Bertz CT molecular complexity index is 624. The molecule has 1 aromatic carbocycles. The van der Waals surface area contributed by atoms with Gasteiger partial charge >= 0.3 is 0 Å². The van der Waals surface area contributed by atoms with Gasteiger partial charge in [0.25, 0.3) is 0 Å². The molecule has 1 atom stereocenters. The van der Waals surface area contributed by atoms with Crippen LogP contribution in [0.4, 0.5) is 5.69 Å². The van der Waals surface area contributed by atoms with Crippen molar-refractivity contribution in [3.8, 4) is 0 Å². The second kappa shape index (κ2) is 8.18. The number of thiazole rings is 1. The molecule has 1 heterocycles. The summed E-state index contributed by atoms with van der Waals surface area (Å²) in [6, 6.07) is 8.52. The lowest BCUT2D eigenvalue weighted by Gasteiger charge is -2.15. The molecular formula is C18H24N2OS2. The van der Waals surface area contributed by atoms with E-state index in [1.165, 1.54) is 33.3 Å². The van der Waals surface area contributed by atoms with Gasteiger partial charge in [0.05, 0.1) is 12.2 Å². The van der Waals surface area contributed by atoms with E-state index in [9.17, 15) is 0 Å². The number of fused-ring (bicyclic) bond motifs is 1. The normalized spacial score (nSPS) is 17.0. The number of thioether (sulfide) groups is 1. The first-order valence-electron chi connectivity index (χ1n) is 8.29. The van der Waals surface area contributed by atoms with Crippen molar-refractivity contribution in [2.45, 2.75) is 44.0 Å². The van der Waals surface area contributed by atoms with Crippen LogP contribution in [0.5, 0.6) is 0 Å². The Balaban J connectivity index is 1.52. The first-order valence-corrected chi connectivity index (χ1v) is 10.1. The van der Waals surface area contributed by atoms with Crippen LogP contribution in [0.2, 0.25) is 0 Å². The smallest absolute Gasteiger partial charge is 0.112 e. The van der Waals surface area contributed by atoms with E-state index in [2.05, 4.69) is 36.5 Å². The van der Waals surface area contributed by atoms with Gasteiger partial charge in [0.15, 0.2) is 0 Å². The molecule has 0 spiro atoms. The number of aliphatic hydroxyl groups excluding tert-OH is 1. The lowest BCUT2D eigenvalue weighted by atomic mass is 9.93. The van der Waals surface area contributed by atoms with Gasteiger partial charge in [-0.1, -0.05) is 6.92 Å². The molecular weight excluding hydrogens is 324 g/mol. The average Bonchev–Trinajstić information content (AvgIpc) is 2.96. The van der Waals surface area contributed by atoms with Gasteiger partial charge in [0.2, 0.25) is 0 Å². The molecule has 1 aromatic heterocycles. The summed E-state index contributed by atoms with van der Waals surface area (Å²) in [6.07, 6.45) is 4.47. The molecule has 0 saturated carbocycles. The van der Waals surface area contributed by atoms with E-state index in [0.717, 1.165) is 36.7 Å². The van der Waals surface area contributed by atoms with E-state index in [1.54, 1.807) is 11.8 Å². The maximum atomic E-state index is 8.81. The van der Waals surface area contributed by atoms with E-state index in [-0.39, 0.29) is 6.61 Å². The van der Waals surface area contributed by atoms with Crippen LogP contribution >= 0.6 is 23.1 Å². The topological polar surface area (TPSA) is 45.2 Å². The Morgan fingerprint density at radius 1 is 1.35 bits per heavy atom. The molecule has 0 amide bonds. The highest BCUT2D eigenvalue weighted by Crippen LogP contribution is 2.30. The van der Waals surface area contributed by atoms with Gasteiger partial charge in [-0.3, -0.25) is 0 Å². The number of aliphatic hydroxyl groups is 1. The molecule has 0 bridgehead atoms. The van der Waals surface area contributed by atoms with E-state index in [4.69, 9.17) is 10.1 Å². The van der Waals surface area contributed by atoms with Crippen LogP contribution in [0, 0.1) is 5.92 Å². The maximum Gasteiger partial charge on any atom is 0.112 e. The summed E-state index contributed by atoms with van der Waals surface area (Å²) < 4.78 is 0. The fourth-order valence-corrected chi connectivity index (χ4v) is 4.83. The summed E-state index contributed by atoms with van der Waals surface area (Å²) in [5.41, 5.74) is 2.47. The Hall–Kier alpha value is -1.04. The SMILES string of the molecule is CC1CCc2nc(CNc3ccc(SCCCO)cc3)sc2C1. The Kier molecular flexibility index (Phi) is 5.97. The number of nitrogens with one attached hydrogen (secondary N) is 1. The van der Waals surface area contributed by atoms with E-state index in [0.29, 0.717) is 0 Å². The highest BCUT2D eigenvalue weighted by molar-refractivity contribution is 7.99. The van der Waals surface area contributed by atoms with Crippen LogP contribution in [0.3, 0.4) is 0 Å². The van der Waals surface area contributed by atoms with Gasteiger partial charge in [0.1, 0.15) is 5.01 Å². The lowest BCUT2D eigenvalue weighted by Crippen LogP contribution is -2.09. The second-order valence-corrected chi connectivity index (χ2v) is 8.47. The largest absolute Gasteiger partial charge is 0.396 e. The standard InChI is InChI=1S/C18H24N2OS2/c1-13-3-8-16-17(11-13)23-18(20-16)12-19-14-4-6-15(7-5-14)22-10-2-9-21/h4-7,13,19,21H,2-3,8-12H2,1H3. The summed E-state index contributed by atoms with van der Waals surface area (Å²) >= 11 is 3.66. The molecule has 1 unspecified atom stereocenters. The fraction of sp³-hybridized carbons (Fsp3) is 0.500. The van der Waals surface area contributed by atoms with Crippen LogP contribution in [-0.2, 0) is 19.4 Å². The molecule has 124 valence electrons. The predicted molar refractivity (Wildman–Crippen MR) is 99.5 cm³/mol.